The Morgan fingerprint density at radius 2 is 1.85 bits per heavy atom. The minimum Gasteiger partial charge on any atom is -0.497 e. The van der Waals surface area contributed by atoms with Crippen molar-refractivity contribution < 1.29 is 9.53 Å². The van der Waals surface area contributed by atoms with Crippen LogP contribution in [0.25, 0.3) is 0 Å². The summed E-state index contributed by atoms with van der Waals surface area (Å²) in [5.41, 5.74) is 3.13. The summed E-state index contributed by atoms with van der Waals surface area (Å²) in [5.74, 6) is 0.745. The van der Waals surface area contributed by atoms with Crippen molar-refractivity contribution in [1.82, 2.24) is 9.78 Å². The van der Waals surface area contributed by atoms with Gasteiger partial charge in [0, 0.05) is 12.7 Å². The van der Waals surface area contributed by atoms with Gasteiger partial charge in [-0.25, -0.2) is 4.79 Å². The first kappa shape index (κ1) is 13.9. The smallest absolute Gasteiger partial charge is 0.323 e. The minimum absolute atomic E-state index is 0.297. The molecule has 0 radical (unpaired) electrons. The highest BCUT2D eigenvalue weighted by atomic mass is 16.5. The Labute approximate surface area is 117 Å². The van der Waals surface area contributed by atoms with Crippen LogP contribution >= 0.6 is 0 Å². The number of amides is 2. The van der Waals surface area contributed by atoms with Crippen molar-refractivity contribution in [2.75, 3.05) is 17.7 Å². The van der Waals surface area contributed by atoms with Gasteiger partial charge in [0.15, 0.2) is 0 Å². The van der Waals surface area contributed by atoms with Crippen LogP contribution in [0, 0.1) is 13.8 Å². The number of aromatic nitrogens is 2. The van der Waals surface area contributed by atoms with E-state index in [1.165, 1.54) is 0 Å². The van der Waals surface area contributed by atoms with Crippen LogP contribution in [0.15, 0.2) is 24.3 Å². The summed E-state index contributed by atoms with van der Waals surface area (Å²) in [5, 5.41) is 9.83. The van der Waals surface area contributed by atoms with Crippen molar-refractivity contribution in [3.8, 4) is 5.75 Å². The maximum absolute atomic E-state index is 12.0. The molecular weight excluding hydrogens is 256 g/mol. The zero-order valence-electron chi connectivity index (χ0n) is 12.0. The second kappa shape index (κ2) is 5.64. The lowest BCUT2D eigenvalue weighted by molar-refractivity contribution is 0.262. The largest absolute Gasteiger partial charge is 0.497 e. The molecule has 0 fully saturated rings. The lowest BCUT2D eigenvalue weighted by Crippen LogP contribution is -2.20. The summed E-state index contributed by atoms with van der Waals surface area (Å²) < 4.78 is 6.80. The first-order chi connectivity index (χ1) is 9.51. The first-order valence-corrected chi connectivity index (χ1v) is 6.23. The maximum Gasteiger partial charge on any atom is 0.323 e. The third-order valence-electron chi connectivity index (χ3n) is 3.10. The average molecular weight is 274 g/mol. The van der Waals surface area contributed by atoms with E-state index < -0.39 is 0 Å². The van der Waals surface area contributed by atoms with Crippen LogP contribution in [0.3, 0.4) is 0 Å². The number of aryl methyl sites for hydroxylation is 2. The SMILES string of the molecule is COc1ccc(NC(=O)Nc2c(C)nn(C)c2C)cc1. The predicted octanol–water partition coefficient (Wildman–Crippen LogP) is 2.69. The summed E-state index contributed by atoms with van der Waals surface area (Å²) in [7, 11) is 3.44. The van der Waals surface area contributed by atoms with Crippen molar-refractivity contribution in [1.29, 1.82) is 0 Å². The van der Waals surface area contributed by atoms with Crippen LogP contribution in [0.2, 0.25) is 0 Å². The highest BCUT2D eigenvalue weighted by Crippen LogP contribution is 2.19. The van der Waals surface area contributed by atoms with Gasteiger partial charge in [0.2, 0.25) is 0 Å². The summed E-state index contributed by atoms with van der Waals surface area (Å²) in [4.78, 5) is 12.0. The number of hydrogen-bond acceptors (Lipinski definition) is 3. The van der Waals surface area contributed by atoms with Crippen molar-refractivity contribution in [2.24, 2.45) is 7.05 Å². The quantitative estimate of drug-likeness (QED) is 0.904. The number of benzene rings is 1. The van der Waals surface area contributed by atoms with E-state index in [0.717, 1.165) is 22.8 Å². The number of carbonyl (C=O) groups is 1. The molecule has 2 N–H and O–H groups in total. The molecule has 0 saturated heterocycles. The Hall–Kier alpha value is -2.50. The average Bonchev–Trinajstić information content (AvgIpc) is 2.66. The van der Waals surface area contributed by atoms with Gasteiger partial charge < -0.3 is 15.4 Å². The number of urea groups is 1. The number of nitrogens with zero attached hydrogens (tertiary/aromatic N) is 2. The van der Waals surface area contributed by atoms with Gasteiger partial charge in [-0.15, -0.1) is 0 Å². The molecule has 0 spiro atoms. The summed E-state index contributed by atoms with van der Waals surface area (Å²) in [6, 6.07) is 6.84. The van der Waals surface area contributed by atoms with Gasteiger partial charge in [0.25, 0.3) is 0 Å². The molecule has 2 aromatic rings. The number of nitrogens with one attached hydrogen (secondary N) is 2. The van der Waals surface area contributed by atoms with Crippen molar-refractivity contribution >= 4 is 17.4 Å². The van der Waals surface area contributed by atoms with E-state index in [1.54, 1.807) is 36.1 Å². The summed E-state index contributed by atoms with van der Waals surface area (Å²) >= 11 is 0. The monoisotopic (exact) mass is 274 g/mol. The lowest BCUT2D eigenvalue weighted by atomic mass is 10.3. The number of rotatable bonds is 3. The van der Waals surface area contributed by atoms with Crippen LogP contribution in [0.4, 0.5) is 16.2 Å². The molecule has 106 valence electrons. The topological polar surface area (TPSA) is 68.2 Å². The zero-order valence-corrected chi connectivity index (χ0v) is 12.0. The Morgan fingerprint density at radius 1 is 1.20 bits per heavy atom. The molecule has 2 rings (SSSR count). The molecule has 0 atom stereocenters. The van der Waals surface area contributed by atoms with E-state index in [2.05, 4.69) is 15.7 Å². The molecule has 0 unspecified atom stereocenters. The fraction of sp³-hybridized carbons (Fsp3) is 0.286. The molecule has 6 heteroatoms. The van der Waals surface area contributed by atoms with Gasteiger partial charge >= 0.3 is 6.03 Å². The highest BCUT2D eigenvalue weighted by Gasteiger charge is 2.12. The number of carbonyl (C=O) groups excluding carboxylic acids is 1. The van der Waals surface area contributed by atoms with Gasteiger partial charge in [0.05, 0.1) is 24.2 Å². The molecule has 0 aliphatic rings. The van der Waals surface area contributed by atoms with Crippen LogP contribution in [-0.2, 0) is 7.05 Å². The number of ether oxygens (including phenoxy) is 1. The lowest BCUT2D eigenvalue weighted by Gasteiger charge is -2.08. The number of hydrogen-bond donors (Lipinski definition) is 2. The predicted molar refractivity (Wildman–Crippen MR) is 78.3 cm³/mol. The van der Waals surface area contributed by atoms with Gasteiger partial charge in [0.1, 0.15) is 5.75 Å². The molecule has 0 saturated carbocycles. The molecule has 20 heavy (non-hydrogen) atoms. The van der Waals surface area contributed by atoms with Crippen molar-refractivity contribution in [3.63, 3.8) is 0 Å². The molecule has 1 heterocycles. The van der Waals surface area contributed by atoms with Gasteiger partial charge in [-0.1, -0.05) is 0 Å². The standard InChI is InChI=1S/C14H18N4O2/c1-9-13(10(2)18(3)17-9)16-14(19)15-11-5-7-12(20-4)8-6-11/h5-8H,1-4H3,(H2,15,16,19). The van der Waals surface area contributed by atoms with E-state index in [1.807, 2.05) is 20.9 Å². The highest BCUT2D eigenvalue weighted by molar-refractivity contribution is 6.00. The van der Waals surface area contributed by atoms with E-state index in [0.29, 0.717) is 5.69 Å². The van der Waals surface area contributed by atoms with E-state index in [-0.39, 0.29) is 6.03 Å². The minimum atomic E-state index is -0.297. The van der Waals surface area contributed by atoms with E-state index >= 15 is 0 Å². The van der Waals surface area contributed by atoms with Crippen LogP contribution in [0.5, 0.6) is 5.75 Å². The maximum atomic E-state index is 12.0. The normalized spacial score (nSPS) is 10.2. The first-order valence-electron chi connectivity index (χ1n) is 6.23. The van der Waals surface area contributed by atoms with Crippen LogP contribution in [-0.4, -0.2) is 22.9 Å². The second-order valence-corrected chi connectivity index (χ2v) is 4.48. The molecule has 1 aromatic heterocycles. The molecule has 0 bridgehead atoms. The molecule has 2 amide bonds. The molecule has 6 nitrogen and oxygen atoms in total. The van der Waals surface area contributed by atoms with Gasteiger partial charge in [-0.3, -0.25) is 4.68 Å². The Bertz CT molecular complexity index is 617. The zero-order chi connectivity index (χ0) is 14.7. The third-order valence-corrected chi connectivity index (χ3v) is 3.10. The van der Waals surface area contributed by atoms with Crippen molar-refractivity contribution in [3.05, 3.63) is 35.7 Å². The van der Waals surface area contributed by atoms with Gasteiger partial charge in [-0.05, 0) is 38.1 Å². The Balaban J connectivity index is 2.05. The Kier molecular flexibility index (Phi) is 3.93. The number of methoxy groups -OCH3 is 1. The second-order valence-electron chi connectivity index (χ2n) is 4.48. The molecule has 0 aliphatic carbocycles. The Morgan fingerprint density at radius 3 is 2.35 bits per heavy atom. The molecule has 1 aromatic carbocycles. The molecular formula is C14H18N4O2. The van der Waals surface area contributed by atoms with Gasteiger partial charge in [-0.2, -0.15) is 5.10 Å². The number of anilines is 2. The van der Waals surface area contributed by atoms with Crippen molar-refractivity contribution in [2.45, 2.75) is 13.8 Å². The van der Waals surface area contributed by atoms with Crippen LogP contribution in [0.1, 0.15) is 11.4 Å². The summed E-state index contributed by atoms with van der Waals surface area (Å²) in [6.45, 7) is 3.76. The van der Waals surface area contributed by atoms with Crippen LogP contribution < -0.4 is 15.4 Å². The van der Waals surface area contributed by atoms with E-state index in [4.69, 9.17) is 4.74 Å². The fourth-order valence-electron chi connectivity index (χ4n) is 1.90. The third kappa shape index (κ3) is 2.90. The fourth-order valence-corrected chi connectivity index (χ4v) is 1.90. The van der Waals surface area contributed by atoms with E-state index in [9.17, 15) is 4.79 Å². The summed E-state index contributed by atoms with van der Waals surface area (Å²) in [6.07, 6.45) is 0. The molecule has 0 aliphatic heterocycles.